The average Bonchev–Trinajstić information content (AvgIpc) is 2.64. The number of nitrogens with one attached hydrogen (secondary N) is 1. The maximum absolute atomic E-state index is 10.7. The van der Waals surface area contributed by atoms with Crippen molar-refractivity contribution in [2.24, 2.45) is 7.05 Å². The van der Waals surface area contributed by atoms with Gasteiger partial charge in [-0.2, -0.15) is 0 Å². The first-order valence-electron chi connectivity index (χ1n) is 5.58. The van der Waals surface area contributed by atoms with Gasteiger partial charge in [-0.3, -0.25) is 4.79 Å². The van der Waals surface area contributed by atoms with Crippen molar-refractivity contribution in [3.63, 3.8) is 0 Å². The number of nitrogens with zero attached hydrogens (tertiary/aromatic N) is 1. The molecule has 0 aliphatic heterocycles. The van der Waals surface area contributed by atoms with Gasteiger partial charge in [-0.1, -0.05) is 18.2 Å². The van der Waals surface area contributed by atoms with E-state index in [9.17, 15) is 4.79 Å². The number of hydrogen-bond acceptors (Lipinski definition) is 2. The molecule has 0 saturated carbocycles. The molecule has 1 heterocycles. The Bertz CT molecular complexity index is 545. The summed E-state index contributed by atoms with van der Waals surface area (Å²) in [6, 6.07) is 7.57. The molecule has 0 amide bonds. The van der Waals surface area contributed by atoms with Crippen LogP contribution in [0, 0.1) is 0 Å². The Morgan fingerprint density at radius 1 is 1.47 bits per heavy atom. The molecule has 0 aliphatic rings. The van der Waals surface area contributed by atoms with Gasteiger partial charge >= 0.3 is 5.97 Å². The van der Waals surface area contributed by atoms with E-state index in [4.69, 9.17) is 5.11 Å². The van der Waals surface area contributed by atoms with Gasteiger partial charge < -0.3 is 15.0 Å². The molecule has 0 aliphatic carbocycles. The van der Waals surface area contributed by atoms with Crippen LogP contribution in [-0.4, -0.2) is 21.7 Å². The zero-order valence-electron chi connectivity index (χ0n) is 9.97. The number of carboxylic acid groups (broad SMARTS) is 1. The van der Waals surface area contributed by atoms with Crippen LogP contribution in [0.5, 0.6) is 0 Å². The van der Waals surface area contributed by atoms with Crippen LogP contribution in [0.3, 0.4) is 0 Å². The molecule has 1 aromatic heterocycles. The molecule has 4 heteroatoms. The summed E-state index contributed by atoms with van der Waals surface area (Å²) in [7, 11) is 1.99. The molecular weight excluding hydrogens is 216 g/mol. The minimum absolute atomic E-state index is 0.533. The van der Waals surface area contributed by atoms with Crippen molar-refractivity contribution in [2.75, 3.05) is 0 Å². The molecule has 0 radical (unpaired) electrons. The van der Waals surface area contributed by atoms with Gasteiger partial charge in [-0.15, -0.1) is 0 Å². The number of benzene rings is 1. The Kier molecular flexibility index (Phi) is 3.15. The maximum atomic E-state index is 10.7. The highest BCUT2D eigenvalue weighted by atomic mass is 16.4. The summed E-state index contributed by atoms with van der Waals surface area (Å²) in [6.45, 7) is 2.21. The fraction of sp³-hybridized carbons (Fsp3) is 0.308. The smallest absolute Gasteiger partial charge is 0.320 e. The lowest BCUT2D eigenvalue weighted by molar-refractivity contribution is -0.139. The topological polar surface area (TPSA) is 54.3 Å². The fourth-order valence-electron chi connectivity index (χ4n) is 1.92. The monoisotopic (exact) mass is 232 g/mol. The third-order valence-electron chi connectivity index (χ3n) is 2.95. The number of hydrogen-bond donors (Lipinski definition) is 2. The zero-order valence-corrected chi connectivity index (χ0v) is 9.97. The quantitative estimate of drug-likeness (QED) is 0.844. The normalized spacial score (nSPS) is 12.8. The highest BCUT2D eigenvalue weighted by Gasteiger charge is 2.11. The third kappa shape index (κ3) is 2.31. The van der Waals surface area contributed by atoms with Crippen molar-refractivity contribution in [2.45, 2.75) is 19.5 Å². The number of carbonyl (C=O) groups is 1. The molecule has 2 aromatic rings. The highest BCUT2D eigenvalue weighted by molar-refractivity contribution is 5.83. The van der Waals surface area contributed by atoms with E-state index in [0.29, 0.717) is 6.54 Å². The molecular formula is C13H16N2O2. The summed E-state index contributed by atoms with van der Waals surface area (Å²) in [6.07, 6.45) is 2.03. The highest BCUT2D eigenvalue weighted by Crippen LogP contribution is 2.19. The van der Waals surface area contributed by atoms with Gasteiger partial charge in [-0.25, -0.2) is 0 Å². The van der Waals surface area contributed by atoms with Gasteiger partial charge in [0, 0.05) is 30.7 Å². The minimum Gasteiger partial charge on any atom is -0.480 e. The van der Waals surface area contributed by atoms with Crippen LogP contribution >= 0.6 is 0 Å². The summed E-state index contributed by atoms with van der Waals surface area (Å²) >= 11 is 0. The fourth-order valence-corrected chi connectivity index (χ4v) is 1.92. The van der Waals surface area contributed by atoms with Crippen LogP contribution in [0.15, 0.2) is 30.5 Å². The molecule has 0 fully saturated rings. The Hall–Kier alpha value is -1.81. The first kappa shape index (κ1) is 11.7. The van der Waals surface area contributed by atoms with E-state index < -0.39 is 12.0 Å². The standard InChI is InChI=1S/C13H16N2O2/c1-9(13(16)17)14-7-10-8-15(2)12-6-4-3-5-11(10)12/h3-6,8-9,14H,7H2,1-2H3,(H,16,17). The van der Waals surface area contributed by atoms with Crippen LogP contribution in [0.2, 0.25) is 0 Å². The van der Waals surface area contributed by atoms with Gasteiger partial charge in [0.05, 0.1) is 0 Å². The van der Waals surface area contributed by atoms with E-state index in [1.807, 2.05) is 25.4 Å². The second-order valence-electron chi connectivity index (χ2n) is 4.22. The van der Waals surface area contributed by atoms with E-state index in [1.165, 1.54) is 5.39 Å². The van der Waals surface area contributed by atoms with Crippen molar-refractivity contribution in [1.82, 2.24) is 9.88 Å². The Labute approximate surface area is 99.9 Å². The predicted molar refractivity (Wildman–Crippen MR) is 66.9 cm³/mol. The molecule has 1 aromatic carbocycles. The molecule has 4 nitrogen and oxygen atoms in total. The molecule has 90 valence electrons. The third-order valence-corrected chi connectivity index (χ3v) is 2.95. The summed E-state index contributed by atoms with van der Waals surface area (Å²) < 4.78 is 2.05. The lowest BCUT2D eigenvalue weighted by Gasteiger charge is -2.07. The summed E-state index contributed by atoms with van der Waals surface area (Å²) in [5.41, 5.74) is 2.28. The van der Waals surface area contributed by atoms with Crippen LogP contribution in [0.4, 0.5) is 0 Å². The predicted octanol–water partition coefficient (Wildman–Crippen LogP) is 1.74. The maximum Gasteiger partial charge on any atom is 0.320 e. The van der Waals surface area contributed by atoms with Crippen molar-refractivity contribution < 1.29 is 9.90 Å². The molecule has 1 atom stereocenters. The average molecular weight is 232 g/mol. The van der Waals surface area contributed by atoms with E-state index in [-0.39, 0.29) is 0 Å². The second-order valence-corrected chi connectivity index (χ2v) is 4.22. The molecule has 0 bridgehead atoms. The van der Waals surface area contributed by atoms with Crippen LogP contribution < -0.4 is 5.32 Å². The van der Waals surface area contributed by atoms with E-state index >= 15 is 0 Å². The van der Waals surface area contributed by atoms with Gasteiger partial charge in [0.25, 0.3) is 0 Å². The first-order valence-corrected chi connectivity index (χ1v) is 5.58. The van der Waals surface area contributed by atoms with Crippen molar-refractivity contribution >= 4 is 16.9 Å². The van der Waals surface area contributed by atoms with E-state index in [1.54, 1.807) is 6.92 Å². The van der Waals surface area contributed by atoms with Gasteiger partial charge in [0.1, 0.15) is 6.04 Å². The summed E-state index contributed by atoms with van der Waals surface area (Å²) in [5, 5.41) is 13.0. The number of para-hydroxylation sites is 1. The van der Waals surface area contributed by atoms with Crippen LogP contribution in [-0.2, 0) is 18.4 Å². The lowest BCUT2D eigenvalue weighted by Crippen LogP contribution is -2.33. The molecule has 17 heavy (non-hydrogen) atoms. The zero-order chi connectivity index (χ0) is 12.4. The van der Waals surface area contributed by atoms with E-state index in [0.717, 1.165) is 11.1 Å². The molecule has 1 unspecified atom stereocenters. The summed E-state index contributed by atoms with van der Waals surface area (Å²) in [5.74, 6) is -0.828. The number of aliphatic carboxylic acids is 1. The van der Waals surface area contributed by atoms with Gasteiger partial charge in [0.15, 0.2) is 0 Å². The van der Waals surface area contributed by atoms with Crippen molar-refractivity contribution in [3.05, 3.63) is 36.0 Å². The van der Waals surface area contributed by atoms with Crippen LogP contribution in [0.1, 0.15) is 12.5 Å². The second kappa shape index (κ2) is 4.59. The van der Waals surface area contributed by atoms with Crippen molar-refractivity contribution in [3.8, 4) is 0 Å². The number of carboxylic acids is 1. The number of aromatic nitrogens is 1. The Morgan fingerprint density at radius 2 is 2.18 bits per heavy atom. The Balaban J connectivity index is 2.22. The Morgan fingerprint density at radius 3 is 2.88 bits per heavy atom. The number of fused-ring (bicyclic) bond motifs is 1. The minimum atomic E-state index is -0.828. The molecule has 2 N–H and O–H groups in total. The largest absolute Gasteiger partial charge is 0.480 e. The number of aryl methyl sites for hydroxylation is 1. The molecule has 0 saturated heterocycles. The first-order chi connectivity index (χ1) is 8.09. The van der Waals surface area contributed by atoms with Gasteiger partial charge in [-0.05, 0) is 18.6 Å². The lowest BCUT2D eigenvalue weighted by atomic mass is 10.1. The molecule has 2 rings (SSSR count). The van der Waals surface area contributed by atoms with Gasteiger partial charge in [0.2, 0.25) is 0 Å². The number of rotatable bonds is 4. The van der Waals surface area contributed by atoms with E-state index in [2.05, 4.69) is 22.0 Å². The van der Waals surface area contributed by atoms with Crippen LogP contribution in [0.25, 0.3) is 10.9 Å². The molecule has 0 spiro atoms. The SMILES string of the molecule is CC(NCc1cn(C)c2ccccc12)C(=O)O. The van der Waals surface area contributed by atoms with Crippen molar-refractivity contribution in [1.29, 1.82) is 0 Å². The summed E-state index contributed by atoms with van der Waals surface area (Å²) in [4.78, 5) is 10.7.